The van der Waals surface area contributed by atoms with E-state index in [-0.39, 0.29) is 17.6 Å². The summed E-state index contributed by atoms with van der Waals surface area (Å²) >= 11 is 5.75. The van der Waals surface area contributed by atoms with Gasteiger partial charge in [-0.3, -0.25) is 4.98 Å². The Morgan fingerprint density at radius 1 is 1.19 bits per heavy atom. The number of benzene rings is 1. The van der Waals surface area contributed by atoms with E-state index in [0.29, 0.717) is 5.11 Å². The van der Waals surface area contributed by atoms with Crippen molar-refractivity contribution in [1.82, 2.24) is 24.7 Å². The third-order valence-electron chi connectivity index (χ3n) is 5.66. The lowest BCUT2D eigenvalue weighted by Gasteiger charge is -2.29. The molecule has 2 atom stereocenters. The van der Waals surface area contributed by atoms with Crippen molar-refractivity contribution in [1.29, 1.82) is 0 Å². The van der Waals surface area contributed by atoms with E-state index in [4.69, 9.17) is 12.2 Å². The standard InChI is InChI=1S/C24H27N5O2S/c1-27(2)13-7-15-29-22(21(26-24(29)32)19-10-3-4-12-25-19)20-11-6-14-28(20)18-9-5-8-17(16-18)23(30)31/h3-6,8-12,14,16,21-22H,7,13,15H2,1-2H3,(H,26,32)(H,30,31)/t21-,22-/m1/s1. The molecule has 1 aliphatic rings. The topological polar surface area (TPSA) is 73.6 Å². The van der Waals surface area contributed by atoms with Crippen LogP contribution >= 0.6 is 12.2 Å². The minimum atomic E-state index is -0.944. The highest BCUT2D eigenvalue weighted by Gasteiger charge is 2.40. The first kappa shape index (κ1) is 22.0. The maximum absolute atomic E-state index is 11.5. The van der Waals surface area contributed by atoms with Crippen LogP contribution in [0.4, 0.5) is 0 Å². The first-order chi connectivity index (χ1) is 15.5. The van der Waals surface area contributed by atoms with Gasteiger partial charge in [0, 0.05) is 30.3 Å². The number of nitrogens with one attached hydrogen (secondary N) is 1. The van der Waals surface area contributed by atoms with Crippen molar-refractivity contribution in [2.45, 2.75) is 18.5 Å². The van der Waals surface area contributed by atoms with Gasteiger partial charge in [0.15, 0.2) is 5.11 Å². The second kappa shape index (κ2) is 9.50. The molecule has 1 saturated heterocycles. The van der Waals surface area contributed by atoms with Crippen molar-refractivity contribution in [2.75, 3.05) is 27.2 Å². The van der Waals surface area contributed by atoms with E-state index in [0.717, 1.165) is 36.6 Å². The Morgan fingerprint density at radius 2 is 2.03 bits per heavy atom. The van der Waals surface area contributed by atoms with Crippen molar-refractivity contribution < 1.29 is 9.90 Å². The monoisotopic (exact) mass is 449 g/mol. The van der Waals surface area contributed by atoms with Crippen LogP contribution in [0.1, 0.15) is 40.3 Å². The number of carboxylic acid groups (broad SMARTS) is 1. The van der Waals surface area contributed by atoms with Gasteiger partial charge in [0.25, 0.3) is 0 Å². The molecule has 0 spiro atoms. The van der Waals surface area contributed by atoms with Gasteiger partial charge in [-0.2, -0.15) is 0 Å². The predicted octanol–water partition coefficient (Wildman–Crippen LogP) is 3.49. The summed E-state index contributed by atoms with van der Waals surface area (Å²) in [6.07, 6.45) is 4.72. The van der Waals surface area contributed by atoms with E-state index in [1.807, 2.05) is 41.1 Å². The number of aromatic carboxylic acids is 1. The van der Waals surface area contributed by atoms with Crippen molar-refractivity contribution >= 4 is 23.3 Å². The summed E-state index contributed by atoms with van der Waals surface area (Å²) in [5.41, 5.74) is 3.00. The largest absolute Gasteiger partial charge is 0.478 e. The lowest BCUT2D eigenvalue weighted by molar-refractivity contribution is 0.0697. The third-order valence-corrected chi connectivity index (χ3v) is 6.01. The summed E-state index contributed by atoms with van der Waals surface area (Å²) in [6, 6.07) is 16.7. The summed E-state index contributed by atoms with van der Waals surface area (Å²) in [6.45, 7) is 1.76. The van der Waals surface area contributed by atoms with E-state index in [1.54, 1.807) is 24.4 Å². The van der Waals surface area contributed by atoms with Gasteiger partial charge in [-0.25, -0.2) is 4.79 Å². The summed E-state index contributed by atoms with van der Waals surface area (Å²) in [5.74, 6) is -0.944. The van der Waals surface area contributed by atoms with Crippen LogP contribution in [0.25, 0.3) is 5.69 Å². The quantitative estimate of drug-likeness (QED) is 0.510. The average molecular weight is 450 g/mol. The molecule has 1 aliphatic heterocycles. The van der Waals surface area contributed by atoms with Crippen molar-refractivity contribution in [2.24, 2.45) is 0 Å². The summed E-state index contributed by atoms with van der Waals surface area (Å²) in [7, 11) is 4.13. The zero-order chi connectivity index (χ0) is 22.7. The van der Waals surface area contributed by atoms with Gasteiger partial charge in [-0.05, 0) is 81.7 Å². The number of rotatable bonds is 8. The maximum Gasteiger partial charge on any atom is 0.335 e. The van der Waals surface area contributed by atoms with Gasteiger partial charge >= 0.3 is 5.97 Å². The molecule has 0 radical (unpaired) electrons. The number of aromatic nitrogens is 2. The molecule has 1 aromatic carbocycles. The van der Waals surface area contributed by atoms with Crippen molar-refractivity contribution in [3.63, 3.8) is 0 Å². The zero-order valence-electron chi connectivity index (χ0n) is 18.2. The van der Waals surface area contributed by atoms with Gasteiger partial charge in [-0.1, -0.05) is 12.1 Å². The third kappa shape index (κ3) is 4.51. The zero-order valence-corrected chi connectivity index (χ0v) is 19.0. The molecule has 32 heavy (non-hydrogen) atoms. The lowest BCUT2D eigenvalue weighted by atomic mass is 10.0. The van der Waals surface area contributed by atoms with Crippen LogP contribution in [-0.2, 0) is 0 Å². The first-order valence-corrected chi connectivity index (χ1v) is 11.0. The van der Waals surface area contributed by atoms with Crippen LogP contribution in [0.15, 0.2) is 67.0 Å². The van der Waals surface area contributed by atoms with Crippen LogP contribution in [0.3, 0.4) is 0 Å². The Hall–Kier alpha value is -3.23. The Morgan fingerprint density at radius 3 is 2.75 bits per heavy atom. The van der Waals surface area contributed by atoms with Crippen molar-refractivity contribution in [3.05, 3.63) is 83.9 Å². The minimum absolute atomic E-state index is 0.0805. The van der Waals surface area contributed by atoms with E-state index >= 15 is 0 Å². The van der Waals surface area contributed by atoms with Crippen LogP contribution in [0.2, 0.25) is 0 Å². The predicted molar refractivity (Wildman–Crippen MR) is 128 cm³/mol. The number of hydrogen-bond acceptors (Lipinski definition) is 4. The molecule has 4 rings (SSSR count). The Labute approximate surface area is 193 Å². The molecule has 0 bridgehead atoms. The van der Waals surface area contributed by atoms with Gasteiger partial charge in [-0.15, -0.1) is 0 Å². The second-order valence-corrected chi connectivity index (χ2v) is 8.52. The molecule has 8 heteroatoms. The summed E-state index contributed by atoms with van der Waals surface area (Å²) < 4.78 is 2.04. The van der Waals surface area contributed by atoms with E-state index in [2.05, 4.69) is 40.3 Å². The Kier molecular flexibility index (Phi) is 6.53. The SMILES string of the molecule is CN(C)CCCN1C(=S)N[C@H](c2ccccn2)[C@H]1c1cccn1-c1cccc(C(=O)O)c1. The Balaban J connectivity index is 1.75. The number of hydrogen-bond donors (Lipinski definition) is 2. The lowest BCUT2D eigenvalue weighted by Crippen LogP contribution is -2.33. The molecule has 1 fully saturated rings. The number of thiocarbonyl (C=S) groups is 1. The van der Waals surface area contributed by atoms with E-state index < -0.39 is 5.97 Å². The molecule has 0 aliphatic carbocycles. The molecule has 0 unspecified atom stereocenters. The smallest absolute Gasteiger partial charge is 0.335 e. The van der Waals surface area contributed by atoms with E-state index in [9.17, 15) is 9.90 Å². The maximum atomic E-state index is 11.5. The molecule has 3 heterocycles. The second-order valence-electron chi connectivity index (χ2n) is 8.14. The number of nitrogens with zero attached hydrogens (tertiary/aromatic N) is 4. The van der Waals surface area contributed by atoms with Crippen LogP contribution in [-0.4, -0.2) is 62.7 Å². The molecule has 0 amide bonds. The average Bonchev–Trinajstić information content (AvgIpc) is 3.39. The first-order valence-electron chi connectivity index (χ1n) is 10.6. The fourth-order valence-corrected chi connectivity index (χ4v) is 4.52. The number of pyridine rings is 1. The fourth-order valence-electron chi connectivity index (χ4n) is 4.18. The molecule has 7 nitrogen and oxygen atoms in total. The number of carbonyl (C=O) groups is 1. The number of carboxylic acids is 1. The Bertz CT molecular complexity index is 1100. The van der Waals surface area contributed by atoms with Gasteiger partial charge in [0.05, 0.1) is 23.3 Å². The molecule has 3 aromatic rings. The van der Waals surface area contributed by atoms with Gasteiger partial charge in [0.1, 0.15) is 0 Å². The fraction of sp³-hybridized carbons (Fsp3) is 0.292. The molecule has 166 valence electrons. The molecular formula is C24H27N5O2S. The highest BCUT2D eigenvalue weighted by Crippen LogP contribution is 2.39. The molecule has 0 saturated carbocycles. The molecule has 2 aromatic heterocycles. The highest BCUT2D eigenvalue weighted by atomic mass is 32.1. The summed E-state index contributed by atoms with van der Waals surface area (Å²) in [5, 5.41) is 13.6. The van der Waals surface area contributed by atoms with Gasteiger partial charge in [0.2, 0.25) is 0 Å². The van der Waals surface area contributed by atoms with Gasteiger partial charge < -0.3 is 24.8 Å². The normalized spacial score (nSPS) is 18.2. The van der Waals surface area contributed by atoms with E-state index in [1.165, 1.54) is 0 Å². The molecule has 2 N–H and O–H groups in total. The van der Waals surface area contributed by atoms with Crippen LogP contribution < -0.4 is 5.32 Å². The van der Waals surface area contributed by atoms with Crippen LogP contribution in [0.5, 0.6) is 0 Å². The minimum Gasteiger partial charge on any atom is -0.478 e. The molecular weight excluding hydrogens is 422 g/mol. The van der Waals surface area contributed by atoms with Crippen molar-refractivity contribution in [3.8, 4) is 5.69 Å². The summed E-state index contributed by atoms with van der Waals surface area (Å²) in [4.78, 5) is 20.5. The highest BCUT2D eigenvalue weighted by molar-refractivity contribution is 7.80. The van der Waals surface area contributed by atoms with Crippen LogP contribution in [0, 0.1) is 0 Å².